The van der Waals surface area contributed by atoms with Gasteiger partial charge in [0.1, 0.15) is 5.69 Å². The fraction of sp³-hybridized carbons (Fsp3) is 0.200. The summed E-state index contributed by atoms with van der Waals surface area (Å²) < 4.78 is 55.8. The van der Waals surface area contributed by atoms with Gasteiger partial charge in [-0.2, -0.15) is 13.2 Å². The quantitative estimate of drug-likeness (QED) is 0.453. The van der Waals surface area contributed by atoms with Gasteiger partial charge in [0.05, 0.1) is 0 Å². The molecular weight excluding hydrogens is 218 g/mol. The topological polar surface area (TPSA) is 55.9 Å². The summed E-state index contributed by atoms with van der Waals surface area (Å²) in [5.74, 6) is 0. The van der Waals surface area contributed by atoms with Crippen LogP contribution in [0.1, 0.15) is 5.69 Å². The molecule has 0 aromatic carbocycles. The average Bonchev–Trinajstić information content (AvgIpc) is 2.30. The van der Waals surface area contributed by atoms with Gasteiger partial charge in [0.15, 0.2) is 0 Å². The third kappa shape index (κ3) is 3.43. The molecule has 1 aromatic rings. The van der Waals surface area contributed by atoms with Crippen LogP contribution in [-0.2, 0) is 17.3 Å². The Morgan fingerprint density at radius 1 is 1.46 bits per heavy atom. The predicted molar refractivity (Wildman–Crippen MR) is 33.0 cm³/mol. The molecule has 0 radical (unpaired) electrons. The summed E-state index contributed by atoms with van der Waals surface area (Å²) in [5.41, 5.74) is -1.07. The summed E-state index contributed by atoms with van der Waals surface area (Å²) in [6, 6.07) is 0.531. The van der Waals surface area contributed by atoms with Crippen molar-refractivity contribution in [3.8, 4) is 0 Å². The number of H-pyrrole nitrogens is 1. The summed E-state index contributed by atoms with van der Waals surface area (Å²) in [6.45, 7) is 0. The van der Waals surface area contributed by atoms with E-state index < -0.39 is 27.8 Å². The Labute approximate surface area is 96.3 Å². The van der Waals surface area contributed by atoms with E-state index in [9.17, 15) is 21.9 Å². The summed E-state index contributed by atoms with van der Waals surface area (Å²) in [6.07, 6.45) is -3.75. The molecule has 13 heavy (non-hydrogen) atoms. The van der Waals surface area contributed by atoms with E-state index >= 15 is 0 Å². The molecule has 0 amide bonds. The van der Waals surface area contributed by atoms with Gasteiger partial charge in [-0.05, 0) is 17.1 Å². The summed E-state index contributed by atoms with van der Waals surface area (Å²) >= 11 is -2.62. The molecule has 3 nitrogen and oxygen atoms in total. The van der Waals surface area contributed by atoms with Crippen LogP contribution in [0.5, 0.6) is 0 Å². The number of nitrogens with one attached hydrogen (secondary N) is 1. The zero-order valence-electron chi connectivity index (χ0n) is 6.51. The molecular formula is C5H3F3NNaO2S. The fourth-order valence-electron chi connectivity index (χ4n) is 0.634. The van der Waals surface area contributed by atoms with Gasteiger partial charge >= 0.3 is 35.7 Å². The van der Waals surface area contributed by atoms with Gasteiger partial charge in [-0.15, -0.1) is 0 Å². The van der Waals surface area contributed by atoms with E-state index in [-0.39, 0.29) is 29.6 Å². The van der Waals surface area contributed by atoms with E-state index in [1.807, 2.05) is 4.98 Å². The first-order chi connectivity index (χ1) is 5.41. The maximum Gasteiger partial charge on any atom is 1.00 e. The van der Waals surface area contributed by atoms with Crippen LogP contribution >= 0.6 is 0 Å². The van der Waals surface area contributed by atoms with Crippen molar-refractivity contribution < 1.29 is 51.5 Å². The molecule has 8 heteroatoms. The first kappa shape index (κ1) is 13.2. The Kier molecular flexibility index (Phi) is 4.67. The van der Waals surface area contributed by atoms with Crippen LogP contribution in [0.2, 0.25) is 0 Å². The molecule has 0 bridgehead atoms. The normalized spacial score (nSPS) is 13.5. The molecule has 1 aromatic heterocycles. The Morgan fingerprint density at radius 2 is 2.00 bits per heavy atom. The van der Waals surface area contributed by atoms with Gasteiger partial charge in [0.2, 0.25) is 0 Å². The Morgan fingerprint density at radius 3 is 2.23 bits per heavy atom. The van der Waals surface area contributed by atoms with Crippen LogP contribution in [-0.4, -0.2) is 13.7 Å². The van der Waals surface area contributed by atoms with Crippen molar-refractivity contribution >= 4 is 11.1 Å². The van der Waals surface area contributed by atoms with Crippen LogP contribution in [0.3, 0.4) is 0 Å². The largest absolute Gasteiger partial charge is 1.00 e. The molecule has 68 valence electrons. The number of rotatable bonds is 1. The molecule has 1 heterocycles. The Hall–Kier alpha value is 0.180. The second kappa shape index (κ2) is 4.61. The zero-order chi connectivity index (χ0) is 9.35. The number of halogens is 3. The second-order valence-corrected chi connectivity index (χ2v) is 2.92. The summed E-state index contributed by atoms with van der Waals surface area (Å²) in [4.78, 5) is 1.41. The van der Waals surface area contributed by atoms with E-state index in [0.717, 1.165) is 6.20 Å². The van der Waals surface area contributed by atoms with Crippen LogP contribution in [0.25, 0.3) is 0 Å². The monoisotopic (exact) mass is 221 g/mol. The van der Waals surface area contributed by atoms with Crippen LogP contribution < -0.4 is 29.6 Å². The molecule has 0 saturated heterocycles. The third-order valence-electron chi connectivity index (χ3n) is 1.15. The smallest absolute Gasteiger partial charge is 0.768 e. The first-order valence-corrected chi connectivity index (χ1v) is 3.83. The molecule has 1 N–H and O–H groups in total. The molecule has 1 rings (SSSR count). The average molecular weight is 221 g/mol. The first-order valence-electron chi connectivity index (χ1n) is 2.76. The van der Waals surface area contributed by atoms with Crippen molar-refractivity contribution in [3.63, 3.8) is 0 Å². The van der Waals surface area contributed by atoms with E-state index in [1.54, 1.807) is 0 Å². The van der Waals surface area contributed by atoms with Gasteiger partial charge in [0.25, 0.3) is 0 Å². The minimum atomic E-state index is -4.53. The number of alkyl halides is 3. The Bertz CT molecular complexity index is 311. The van der Waals surface area contributed by atoms with E-state index in [1.165, 1.54) is 0 Å². The molecule has 0 aliphatic carbocycles. The maximum atomic E-state index is 11.8. The van der Waals surface area contributed by atoms with Gasteiger partial charge in [-0.25, -0.2) is 0 Å². The van der Waals surface area contributed by atoms with Gasteiger partial charge in [0, 0.05) is 11.1 Å². The molecule has 0 aliphatic rings. The minimum Gasteiger partial charge on any atom is -0.768 e. The molecule has 1 atom stereocenters. The summed E-state index contributed by atoms with van der Waals surface area (Å²) in [7, 11) is 0. The van der Waals surface area contributed by atoms with Crippen molar-refractivity contribution in [2.45, 2.75) is 11.1 Å². The predicted octanol–water partition coefficient (Wildman–Crippen LogP) is -1.72. The van der Waals surface area contributed by atoms with Crippen molar-refractivity contribution in [2.24, 2.45) is 0 Å². The van der Waals surface area contributed by atoms with E-state index in [0.29, 0.717) is 6.07 Å². The summed E-state index contributed by atoms with van der Waals surface area (Å²) in [5, 5.41) is 0. The van der Waals surface area contributed by atoms with Gasteiger partial charge in [-0.3, -0.25) is 4.21 Å². The molecule has 0 fully saturated rings. The molecule has 1 unspecified atom stereocenters. The second-order valence-electron chi connectivity index (χ2n) is 1.98. The number of aromatic amines is 1. The van der Waals surface area contributed by atoms with Crippen molar-refractivity contribution in [1.29, 1.82) is 0 Å². The van der Waals surface area contributed by atoms with E-state index in [2.05, 4.69) is 0 Å². The van der Waals surface area contributed by atoms with Crippen molar-refractivity contribution in [2.75, 3.05) is 0 Å². The van der Waals surface area contributed by atoms with Crippen LogP contribution in [0.4, 0.5) is 13.2 Å². The maximum absolute atomic E-state index is 11.8. The SMILES string of the molecule is O=S([O-])c1c[nH]c(C(F)(F)F)c1.[Na+]. The number of hydrogen-bond donors (Lipinski definition) is 1. The molecule has 0 saturated carbocycles. The zero-order valence-corrected chi connectivity index (χ0v) is 9.33. The number of hydrogen-bond acceptors (Lipinski definition) is 2. The molecule has 0 aliphatic heterocycles. The third-order valence-corrected chi connectivity index (χ3v) is 1.77. The van der Waals surface area contributed by atoms with Crippen molar-refractivity contribution in [3.05, 3.63) is 18.0 Å². The van der Waals surface area contributed by atoms with Crippen molar-refractivity contribution in [1.82, 2.24) is 4.98 Å². The standard InChI is InChI=1S/C5H4F3NO2S.Na/c6-5(7,8)4-1-3(2-9-4)12(10)11;/h1-2,9H,(H,10,11);/q;+1/p-1. The van der Waals surface area contributed by atoms with Gasteiger partial charge < -0.3 is 9.54 Å². The number of aromatic nitrogens is 1. The van der Waals surface area contributed by atoms with Gasteiger partial charge in [-0.1, -0.05) is 0 Å². The fourth-order valence-corrected chi connectivity index (χ4v) is 1.00. The van der Waals surface area contributed by atoms with Crippen LogP contribution in [0.15, 0.2) is 17.2 Å². The van der Waals surface area contributed by atoms with Crippen LogP contribution in [0, 0.1) is 0 Å². The Balaban J connectivity index is 0.00000144. The van der Waals surface area contributed by atoms with E-state index in [4.69, 9.17) is 0 Å². The molecule has 0 spiro atoms. The minimum absolute atomic E-state index is 0.